The summed E-state index contributed by atoms with van der Waals surface area (Å²) >= 11 is 1.54. The van der Waals surface area contributed by atoms with Crippen molar-refractivity contribution in [2.75, 3.05) is 5.75 Å². The molecule has 0 amide bonds. The first-order valence-corrected chi connectivity index (χ1v) is 5.66. The Hall–Kier alpha value is -1.29. The fraction of sp³-hybridized carbons (Fsp3) is 0.273. The summed E-state index contributed by atoms with van der Waals surface area (Å²) in [6.07, 6.45) is 0. The number of hydrogen-bond acceptors (Lipinski definition) is 4. The third kappa shape index (κ3) is 1.55. The number of rotatable bonds is 2. The van der Waals surface area contributed by atoms with Gasteiger partial charge in [-0.1, -0.05) is 13.0 Å². The molecule has 1 aliphatic rings. The molecule has 0 spiro atoms. The molecule has 0 N–H and O–H groups in total. The van der Waals surface area contributed by atoms with Crippen LogP contribution in [0.3, 0.4) is 0 Å². The Labute approximate surface area is 91.8 Å². The van der Waals surface area contributed by atoms with Crippen LogP contribution in [0.2, 0.25) is 0 Å². The number of ether oxygens (including phenoxy) is 1. The number of benzene rings is 1. The molecule has 4 heteroatoms. The molecule has 1 heterocycles. The molecule has 78 valence electrons. The normalized spacial score (nSPS) is 14.0. The zero-order valence-corrected chi connectivity index (χ0v) is 9.31. The summed E-state index contributed by atoms with van der Waals surface area (Å²) in [6, 6.07) is 3.71. The van der Waals surface area contributed by atoms with E-state index < -0.39 is 11.9 Å². The molecular weight excluding hydrogens is 212 g/mol. The van der Waals surface area contributed by atoms with Crippen LogP contribution in [0.1, 0.15) is 33.2 Å². The van der Waals surface area contributed by atoms with E-state index in [-0.39, 0.29) is 0 Å². The summed E-state index contributed by atoms with van der Waals surface area (Å²) in [4.78, 5) is 23.7. The third-order valence-corrected chi connectivity index (χ3v) is 3.21. The Morgan fingerprint density at radius 3 is 2.53 bits per heavy atom. The summed E-state index contributed by atoms with van der Waals surface area (Å²) in [5, 5.41) is 0. The predicted octanol–water partition coefficient (Wildman–Crippen LogP) is 2.42. The Bertz CT molecular complexity index is 451. The van der Waals surface area contributed by atoms with Crippen molar-refractivity contribution in [3.05, 3.63) is 28.8 Å². The zero-order valence-electron chi connectivity index (χ0n) is 8.49. The van der Waals surface area contributed by atoms with Gasteiger partial charge in [0.15, 0.2) is 0 Å². The molecule has 15 heavy (non-hydrogen) atoms. The van der Waals surface area contributed by atoms with Gasteiger partial charge in [0.25, 0.3) is 0 Å². The number of fused-ring (bicyclic) bond motifs is 1. The van der Waals surface area contributed by atoms with Crippen LogP contribution in [0, 0.1) is 6.92 Å². The lowest BCUT2D eigenvalue weighted by Gasteiger charge is -2.04. The highest BCUT2D eigenvalue weighted by Gasteiger charge is 2.33. The van der Waals surface area contributed by atoms with Crippen molar-refractivity contribution in [3.63, 3.8) is 0 Å². The smallest absolute Gasteiger partial charge is 0.348 e. The van der Waals surface area contributed by atoms with Gasteiger partial charge in [-0.15, -0.1) is 11.8 Å². The summed E-state index contributed by atoms with van der Waals surface area (Å²) in [7, 11) is 0. The number of carbonyl (C=O) groups is 2. The van der Waals surface area contributed by atoms with Gasteiger partial charge in [0, 0.05) is 4.90 Å². The Balaban J connectivity index is 2.64. The molecule has 0 fully saturated rings. The fourth-order valence-electron chi connectivity index (χ4n) is 1.62. The lowest BCUT2D eigenvalue weighted by molar-refractivity contribution is 0.0442. The van der Waals surface area contributed by atoms with Gasteiger partial charge >= 0.3 is 11.9 Å². The first kappa shape index (κ1) is 10.2. The molecule has 0 aliphatic carbocycles. The van der Waals surface area contributed by atoms with Crippen molar-refractivity contribution >= 4 is 23.7 Å². The molecular formula is C11H10O3S. The summed E-state index contributed by atoms with van der Waals surface area (Å²) in [6.45, 7) is 3.80. The molecule has 1 aromatic carbocycles. The van der Waals surface area contributed by atoms with Crippen molar-refractivity contribution in [2.45, 2.75) is 18.7 Å². The van der Waals surface area contributed by atoms with Gasteiger partial charge in [-0.05, 0) is 24.3 Å². The van der Waals surface area contributed by atoms with Crippen molar-refractivity contribution in [2.24, 2.45) is 0 Å². The van der Waals surface area contributed by atoms with Gasteiger partial charge in [0.05, 0.1) is 11.1 Å². The number of esters is 2. The second kappa shape index (κ2) is 3.70. The lowest BCUT2D eigenvalue weighted by atomic mass is 10.0. The quantitative estimate of drug-likeness (QED) is 0.438. The minimum atomic E-state index is -0.522. The number of aryl methyl sites for hydroxylation is 1. The van der Waals surface area contributed by atoms with Crippen LogP contribution in [-0.2, 0) is 4.74 Å². The monoisotopic (exact) mass is 222 g/mol. The van der Waals surface area contributed by atoms with E-state index >= 15 is 0 Å². The van der Waals surface area contributed by atoms with Gasteiger partial charge in [0.1, 0.15) is 0 Å². The number of carbonyl (C=O) groups excluding carboxylic acids is 2. The minimum absolute atomic E-state index is 0.429. The molecule has 0 saturated carbocycles. The molecule has 0 aromatic heterocycles. The molecule has 0 saturated heterocycles. The maximum atomic E-state index is 11.5. The van der Waals surface area contributed by atoms with Crippen LogP contribution in [0.5, 0.6) is 0 Å². The second-order valence-electron chi connectivity index (χ2n) is 3.24. The Kier molecular flexibility index (Phi) is 2.52. The average Bonchev–Trinajstić information content (AvgIpc) is 2.48. The van der Waals surface area contributed by atoms with Crippen LogP contribution in [0.15, 0.2) is 17.0 Å². The standard InChI is InChI=1S/C11H10O3S/c1-3-15-7-5-4-6(2)8-9(7)11(13)14-10(8)12/h4-5H,3H2,1-2H3. The van der Waals surface area contributed by atoms with E-state index in [4.69, 9.17) is 0 Å². The minimum Gasteiger partial charge on any atom is -0.386 e. The molecule has 3 nitrogen and oxygen atoms in total. The van der Waals surface area contributed by atoms with Crippen LogP contribution in [0.4, 0.5) is 0 Å². The number of thioether (sulfide) groups is 1. The summed E-state index contributed by atoms with van der Waals surface area (Å²) in [5.74, 6) is -0.183. The average molecular weight is 222 g/mol. The molecule has 2 rings (SSSR count). The van der Waals surface area contributed by atoms with Crippen LogP contribution in [-0.4, -0.2) is 17.7 Å². The van der Waals surface area contributed by atoms with Gasteiger partial charge in [0.2, 0.25) is 0 Å². The molecule has 0 unspecified atom stereocenters. The topological polar surface area (TPSA) is 43.4 Å². The third-order valence-electron chi connectivity index (χ3n) is 2.27. The Morgan fingerprint density at radius 1 is 1.20 bits per heavy atom. The van der Waals surface area contributed by atoms with Crippen LogP contribution < -0.4 is 0 Å². The number of hydrogen-bond donors (Lipinski definition) is 0. The van der Waals surface area contributed by atoms with E-state index in [9.17, 15) is 9.59 Å². The van der Waals surface area contributed by atoms with E-state index in [1.807, 2.05) is 19.1 Å². The van der Waals surface area contributed by atoms with Gasteiger partial charge in [-0.3, -0.25) is 0 Å². The summed E-state index contributed by atoms with van der Waals surface area (Å²) < 4.78 is 4.61. The highest BCUT2D eigenvalue weighted by molar-refractivity contribution is 7.99. The first-order valence-electron chi connectivity index (χ1n) is 4.68. The van der Waals surface area contributed by atoms with E-state index in [0.29, 0.717) is 11.1 Å². The first-order chi connectivity index (χ1) is 7.15. The van der Waals surface area contributed by atoms with E-state index in [1.165, 1.54) is 0 Å². The van der Waals surface area contributed by atoms with Crippen molar-refractivity contribution < 1.29 is 14.3 Å². The molecule has 0 atom stereocenters. The maximum absolute atomic E-state index is 11.5. The van der Waals surface area contributed by atoms with Crippen molar-refractivity contribution in [3.8, 4) is 0 Å². The van der Waals surface area contributed by atoms with Crippen molar-refractivity contribution in [1.29, 1.82) is 0 Å². The zero-order chi connectivity index (χ0) is 11.0. The van der Waals surface area contributed by atoms with E-state index in [2.05, 4.69) is 4.74 Å². The largest absolute Gasteiger partial charge is 0.386 e. The van der Waals surface area contributed by atoms with Gasteiger partial charge in [-0.2, -0.15) is 0 Å². The van der Waals surface area contributed by atoms with E-state index in [0.717, 1.165) is 16.2 Å². The molecule has 1 aromatic rings. The molecule has 0 bridgehead atoms. The highest BCUT2D eigenvalue weighted by Crippen LogP contribution is 2.32. The Morgan fingerprint density at radius 2 is 1.87 bits per heavy atom. The molecule has 0 radical (unpaired) electrons. The second-order valence-corrected chi connectivity index (χ2v) is 4.55. The van der Waals surface area contributed by atoms with Crippen molar-refractivity contribution in [1.82, 2.24) is 0 Å². The predicted molar refractivity (Wildman–Crippen MR) is 57.3 cm³/mol. The molecule has 1 aliphatic heterocycles. The van der Waals surface area contributed by atoms with Crippen LogP contribution >= 0.6 is 11.8 Å². The highest BCUT2D eigenvalue weighted by atomic mass is 32.2. The van der Waals surface area contributed by atoms with Crippen LogP contribution in [0.25, 0.3) is 0 Å². The van der Waals surface area contributed by atoms with Gasteiger partial charge in [-0.25, -0.2) is 9.59 Å². The fourth-order valence-corrected chi connectivity index (χ4v) is 2.42. The number of cyclic esters (lactones) is 2. The summed E-state index contributed by atoms with van der Waals surface area (Å²) in [5.41, 5.74) is 1.66. The van der Waals surface area contributed by atoms with Gasteiger partial charge < -0.3 is 4.74 Å². The van der Waals surface area contributed by atoms with E-state index in [1.54, 1.807) is 18.7 Å². The maximum Gasteiger partial charge on any atom is 0.348 e. The SMILES string of the molecule is CCSc1ccc(C)c2c1C(=O)OC2=O. The lowest BCUT2D eigenvalue weighted by Crippen LogP contribution is -1.97.